The molecule has 1 aliphatic rings. The number of fused-ring (bicyclic) bond motifs is 1. The van der Waals surface area contributed by atoms with Crippen LogP contribution in [0.1, 0.15) is 38.7 Å². The molecular weight excluding hydrogens is 222 g/mol. The number of aliphatic hydroxyl groups excluding tert-OH is 1. The third-order valence-corrected chi connectivity index (χ3v) is 4.57. The van der Waals surface area contributed by atoms with Crippen molar-refractivity contribution in [2.24, 2.45) is 5.41 Å². The SMILES string of the molecule is CCC(CC)(CO)CN1CCCc2ccccc21. The van der Waals surface area contributed by atoms with Crippen molar-refractivity contribution in [3.8, 4) is 0 Å². The lowest BCUT2D eigenvalue weighted by Gasteiger charge is -2.39. The zero-order chi connectivity index (χ0) is 13.0. The van der Waals surface area contributed by atoms with E-state index in [0.29, 0.717) is 6.61 Å². The summed E-state index contributed by atoms with van der Waals surface area (Å²) in [6.45, 7) is 6.77. The van der Waals surface area contributed by atoms with Gasteiger partial charge in [0.25, 0.3) is 0 Å². The van der Waals surface area contributed by atoms with E-state index in [4.69, 9.17) is 0 Å². The van der Waals surface area contributed by atoms with E-state index in [1.807, 2.05) is 0 Å². The average Bonchev–Trinajstić information content (AvgIpc) is 2.45. The van der Waals surface area contributed by atoms with Gasteiger partial charge in [0.1, 0.15) is 0 Å². The normalized spacial score (nSPS) is 15.6. The summed E-state index contributed by atoms with van der Waals surface area (Å²) < 4.78 is 0. The van der Waals surface area contributed by atoms with Gasteiger partial charge in [-0.15, -0.1) is 0 Å². The number of hydrogen-bond donors (Lipinski definition) is 1. The van der Waals surface area contributed by atoms with Gasteiger partial charge in [0.05, 0.1) is 6.61 Å². The predicted octanol–water partition coefficient (Wildman–Crippen LogP) is 3.24. The summed E-state index contributed by atoms with van der Waals surface area (Å²) in [7, 11) is 0. The summed E-state index contributed by atoms with van der Waals surface area (Å²) >= 11 is 0. The Morgan fingerprint density at radius 1 is 1.22 bits per heavy atom. The summed E-state index contributed by atoms with van der Waals surface area (Å²) in [4.78, 5) is 2.47. The van der Waals surface area contributed by atoms with Gasteiger partial charge in [0, 0.05) is 24.2 Å². The summed E-state index contributed by atoms with van der Waals surface area (Å²) in [5.74, 6) is 0. The third-order valence-electron chi connectivity index (χ3n) is 4.57. The zero-order valence-corrected chi connectivity index (χ0v) is 11.7. The van der Waals surface area contributed by atoms with Crippen LogP contribution in [0.2, 0.25) is 0 Å². The largest absolute Gasteiger partial charge is 0.396 e. The molecule has 0 spiro atoms. The molecule has 0 atom stereocenters. The van der Waals surface area contributed by atoms with Crippen LogP contribution in [0.3, 0.4) is 0 Å². The van der Waals surface area contributed by atoms with Crippen LogP contribution in [0, 0.1) is 5.41 Å². The molecule has 100 valence electrons. The maximum Gasteiger partial charge on any atom is 0.0504 e. The fourth-order valence-corrected chi connectivity index (χ4v) is 2.93. The second-order valence-electron chi connectivity index (χ2n) is 5.52. The van der Waals surface area contributed by atoms with Crippen LogP contribution >= 0.6 is 0 Å². The standard InChI is InChI=1S/C16H25NO/c1-3-16(4-2,13-18)12-17-11-7-9-14-8-5-6-10-15(14)17/h5-6,8,10,18H,3-4,7,9,11-13H2,1-2H3. The van der Waals surface area contributed by atoms with Gasteiger partial charge in [-0.2, -0.15) is 0 Å². The molecule has 0 aliphatic carbocycles. The molecule has 1 aromatic carbocycles. The average molecular weight is 247 g/mol. The van der Waals surface area contributed by atoms with E-state index in [2.05, 4.69) is 43.0 Å². The second kappa shape index (κ2) is 5.75. The minimum atomic E-state index is 0.0600. The number of para-hydroxylation sites is 1. The molecule has 18 heavy (non-hydrogen) atoms. The van der Waals surface area contributed by atoms with Gasteiger partial charge in [0.15, 0.2) is 0 Å². The molecule has 1 aliphatic heterocycles. The first-order valence-corrected chi connectivity index (χ1v) is 7.18. The molecule has 0 saturated heterocycles. The lowest BCUT2D eigenvalue weighted by molar-refractivity contribution is 0.120. The van der Waals surface area contributed by atoms with Crippen molar-refractivity contribution in [2.45, 2.75) is 39.5 Å². The van der Waals surface area contributed by atoms with Crippen LogP contribution in [0.4, 0.5) is 5.69 Å². The smallest absolute Gasteiger partial charge is 0.0504 e. The molecule has 0 aromatic heterocycles. The highest BCUT2D eigenvalue weighted by Crippen LogP contribution is 2.33. The molecular formula is C16H25NO. The van der Waals surface area contributed by atoms with Crippen LogP contribution in [0.5, 0.6) is 0 Å². The number of aliphatic hydroxyl groups is 1. The predicted molar refractivity (Wildman–Crippen MR) is 77.1 cm³/mol. The lowest BCUT2D eigenvalue weighted by atomic mass is 9.82. The van der Waals surface area contributed by atoms with E-state index in [0.717, 1.165) is 25.9 Å². The van der Waals surface area contributed by atoms with Crippen LogP contribution in [-0.2, 0) is 6.42 Å². The van der Waals surface area contributed by atoms with Crippen LogP contribution in [-0.4, -0.2) is 24.8 Å². The number of nitrogens with zero attached hydrogens (tertiary/aromatic N) is 1. The van der Waals surface area contributed by atoms with Crippen molar-refractivity contribution in [3.63, 3.8) is 0 Å². The van der Waals surface area contributed by atoms with Crippen LogP contribution in [0.25, 0.3) is 0 Å². The van der Waals surface area contributed by atoms with Gasteiger partial charge < -0.3 is 10.0 Å². The highest BCUT2D eigenvalue weighted by Gasteiger charge is 2.29. The Balaban J connectivity index is 2.20. The Kier molecular flexibility index (Phi) is 4.28. The Bertz CT molecular complexity index is 376. The van der Waals surface area contributed by atoms with Gasteiger partial charge >= 0.3 is 0 Å². The highest BCUT2D eigenvalue weighted by molar-refractivity contribution is 5.55. The van der Waals surface area contributed by atoms with Crippen LogP contribution in [0.15, 0.2) is 24.3 Å². The second-order valence-corrected chi connectivity index (χ2v) is 5.52. The van der Waals surface area contributed by atoms with Crippen molar-refractivity contribution >= 4 is 5.69 Å². The first-order valence-electron chi connectivity index (χ1n) is 7.18. The summed E-state index contributed by atoms with van der Waals surface area (Å²) in [5.41, 5.74) is 2.90. The first kappa shape index (κ1) is 13.4. The molecule has 0 bridgehead atoms. The lowest BCUT2D eigenvalue weighted by Crippen LogP contribution is -2.42. The Morgan fingerprint density at radius 2 is 1.94 bits per heavy atom. The highest BCUT2D eigenvalue weighted by atomic mass is 16.3. The maximum atomic E-state index is 9.73. The summed E-state index contributed by atoms with van der Waals surface area (Å²) in [5, 5.41) is 9.73. The molecule has 1 N–H and O–H groups in total. The van der Waals surface area contributed by atoms with Crippen molar-refractivity contribution in [1.82, 2.24) is 0 Å². The number of benzene rings is 1. The van der Waals surface area contributed by atoms with Crippen molar-refractivity contribution < 1.29 is 5.11 Å². The molecule has 0 saturated carbocycles. The molecule has 0 fully saturated rings. The van der Waals surface area contributed by atoms with Crippen molar-refractivity contribution in [1.29, 1.82) is 0 Å². The Hall–Kier alpha value is -1.02. The Morgan fingerprint density at radius 3 is 2.61 bits per heavy atom. The van der Waals surface area contributed by atoms with Gasteiger partial charge in [-0.1, -0.05) is 32.0 Å². The molecule has 2 heteroatoms. The van der Waals surface area contributed by atoms with E-state index in [-0.39, 0.29) is 5.41 Å². The van der Waals surface area contributed by atoms with Gasteiger partial charge in [-0.05, 0) is 37.3 Å². The molecule has 1 aromatic rings. The fourth-order valence-electron chi connectivity index (χ4n) is 2.93. The zero-order valence-electron chi connectivity index (χ0n) is 11.7. The van der Waals surface area contributed by atoms with E-state index in [9.17, 15) is 5.11 Å². The third kappa shape index (κ3) is 2.54. The first-order chi connectivity index (χ1) is 8.74. The molecule has 0 radical (unpaired) electrons. The fraction of sp³-hybridized carbons (Fsp3) is 0.625. The number of anilines is 1. The van der Waals surface area contributed by atoms with E-state index >= 15 is 0 Å². The molecule has 2 rings (SSSR count). The van der Waals surface area contributed by atoms with E-state index in [1.165, 1.54) is 24.1 Å². The van der Waals surface area contributed by atoms with Crippen molar-refractivity contribution in [2.75, 3.05) is 24.6 Å². The quantitative estimate of drug-likeness (QED) is 0.863. The number of rotatable bonds is 5. The minimum absolute atomic E-state index is 0.0600. The molecule has 0 unspecified atom stereocenters. The summed E-state index contributed by atoms with van der Waals surface area (Å²) in [6.07, 6.45) is 4.50. The number of aryl methyl sites for hydroxylation is 1. The maximum absolute atomic E-state index is 9.73. The molecule has 2 nitrogen and oxygen atoms in total. The van der Waals surface area contributed by atoms with Crippen molar-refractivity contribution in [3.05, 3.63) is 29.8 Å². The van der Waals surface area contributed by atoms with Gasteiger partial charge in [-0.25, -0.2) is 0 Å². The van der Waals surface area contributed by atoms with Gasteiger partial charge in [0.2, 0.25) is 0 Å². The number of hydrogen-bond acceptors (Lipinski definition) is 2. The minimum Gasteiger partial charge on any atom is -0.396 e. The summed E-state index contributed by atoms with van der Waals surface area (Å²) in [6, 6.07) is 8.71. The van der Waals surface area contributed by atoms with E-state index in [1.54, 1.807) is 0 Å². The molecule has 0 amide bonds. The Labute approximate surface area is 111 Å². The topological polar surface area (TPSA) is 23.5 Å². The monoisotopic (exact) mass is 247 g/mol. The van der Waals surface area contributed by atoms with E-state index < -0.39 is 0 Å². The van der Waals surface area contributed by atoms with Crippen LogP contribution < -0.4 is 4.90 Å². The van der Waals surface area contributed by atoms with Gasteiger partial charge in [-0.3, -0.25) is 0 Å². The molecule has 1 heterocycles.